The third kappa shape index (κ3) is 5.18. The van der Waals surface area contributed by atoms with E-state index in [1.165, 1.54) is 6.20 Å². The highest BCUT2D eigenvalue weighted by Gasteiger charge is 2.21. The van der Waals surface area contributed by atoms with Crippen molar-refractivity contribution in [3.05, 3.63) is 31.5 Å². The zero-order valence-corrected chi connectivity index (χ0v) is 13.1. The fourth-order valence-electron chi connectivity index (χ4n) is 1.69. The monoisotopic (exact) mass is 361 g/mol. The van der Waals surface area contributed by atoms with Crippen LogP contribution in [0.5, 0.6) is 0 Å². The van der Waals surface area contributed by atoms with Crippen LogP contribution >= 0.6 is 15.9 Å². The summed E-state index contributed by atoms with van der Waals surface area (Å²) in [4.78, 5) is 47.6. The molecule has 0 bridgehead atoms. The topological polar surface area (TPSA) is 121 Å². The molecule has 1 aromatic heterocycles. The van der Waals surface area contributed by atoms with Crippen molar-refractivity contribution in [2.24, 2.45) is 5.92 Å². The number of carboxylic acid groups (broad SMARTS) is 1. The minimum absolute atomic E-state index is 0.0938. The van der Waals surface area contributed by atoms with Gasteiger partial charge in [-0.2, -0.15) is 0 Å². The lowest BCUT2D eigenvalue weighted by molar-refractivity contribution is -0.142. The molecule has 0 aliphatic heterocycles. The second-order valence-corrected chi connectivity index (χ2v) is 5.81. The van der Waals surface area contributed by atoms with Crippen molar-refractivity contribution in [1.82, 2.24) is 14.9 Å². The molecule has 0 spiro atoms. The van der Waals surface area contributed by atoms with Crippen LogP contribution in [0.3, 0.4) is 0 Å². The van der Waals surface area contributed by atoms with Gasteiger partial charge >= 0.3 is 11.7 Å². The van der Waals surface area contributed by atoms with E-state index < -0.39 is 29.2 Å². The first kappa shape index (κ1) is 17.2. The summed E-state index contributed by atoms with van der Waals surface area (Å²) in [6.45, 7) is 3.30. The molecule has 1 atom stereocenters. The number of halogens is 1. The molecule has 1 rings (SSSR count). The van der Waals surface area contributed by atoms with Crippen molar-refractivity contribution in [1.29, 1.82) is 0 Å². The maximum atomic E-state index is 11.8. The Labute approximate surface area is 128 Å². The van der Waals surface area contributed by atoms with Crippen LogP contribution in [-0.4, -0.2) is 32.6 Å². The third-order valence-corrected chi connectivity index (χ3v) is 3.19. The summed E-state index contributed by atoms with van der Waals surface area (Å²) in [6, 6.07) is -1.01. The molecule has 0 aliphatic rings. The first-order valence-corrected chi connectivity index (χ1v) is 7.01. The molecule has 21 heavy (non-hydrogen) atoms. The number of carboxylic acids is 1. The summed E-state index contributed by atoms with van der Waals surface area (Å²) in [7, 11) is 0. The molecule has 9 heteroatoms. The van der Waals surface area contributed by atoms with E-state index >= 15 is 0 Å². The van der Waals surface area contributed by atoms with Crippen LogP contribution in [0, 0.1) is 5.92 Å². The van der Waals surface area contributed by atoms with E-state index in [0.717, 1.165) is 4.57 Å². The third-order valence-electron chi connectivity index (χ3n) is 2.62. The number of carbonyl (C=O) groups excluding carboxylic acids is 1. The highest BCUT2D eigenvalue weighted by molar-refractivity contribution is 9.10. The Hall–Kier alpha value is -1.90. The van der Waals surface area contributed by atoms with Crippen molar-refractivity contribution in [2.45, 2.75) is 32.9 Å². The Kier molecular flexibility index (Phi) is 5.89. The van der Waals surface area contributed by atoms with Gasteiger partial charge in [0.1, 0.15) is 12.6 Å². The molecule has 116 valence electrons. The number of aromatic amines is 1. The lowest BCUT2D eigenvalue weighted by Crippen LogP contribution is -2.44. The second kappa shape index (κ2) is 7.21. The molecule has 1 heterocycles. The van der Waals surface area contributed by atoms with E-state index in [-0.39, 0.29) is 23.4 Å². The van der Waals surface area contributed by atoms with Gasteiger partial charge in [0.25, 0.3) is 5.56 Å². The summed E-state index contributed by atoms with van der Waals surface area (Å²) >= 11 is 2.95. The number of carbonyl (C=O) groups is 2. The lowest BCUT2D eigenvalue weighted by Gasteiger charge is -2.16. The van der Waals surface area contributed by atoms with Gasteiger partial charge in [-0.3, -0.25) is 19.1 Å². The molecule has 0 saturated carbocycles. The van der Waals surface area contributed by atoms with Gasteiger partial charge in [-0.25, -0.2) is 9.59 Å². The number of nitrogens with zero attached hydrogens (tertiary/aromatic N) is 1. The lowest BCUT2D eigenvalue weighted by atomic mass is 10.0. The minimum Gasteiger partial charge on any atom is -0.480 e. The highest BCUT2D eigenvalue weighted by atomic mass is 79.9. The van der Waals surface area contributed by atoms with Crippen LogP contribution < -0.4 is 16.6 Å². The van der Waals surface area contributed by atoms with E-state index in [0.29, 0.717) is 0 Å². The summed E-state index contributed by atoms with van der Waals surface area (Å²) in [5.74, 6) is -1.66. The quantitative estimate of drug-likeness (QED) is 0.653. The van der Waals surface area contributed by atoms with E-state index in [4.69, 9.17) is 5.11 Å². The van der Waals surface area contributed by atoms with Crippen LogP contribution in [-0.2, 0) is 16.1 Å². The molecule has 8 nitrogen and oxygen atoms in total. The fourth-order valence-corrected chi connectivity index (χ4v) is 2.03. The Morgan fingerprint density at radius 1 is 1.43 bits per heavy atom. The second-order valence-electron chi connectivity index (χ2n) is 4.95. The van der Waals surface area contributed by atoms with Crippen LogP contribution in [0.1, 0.15) is 20.3 Å². The first-order chi connectivity index (χ1) is 9.70. The van der Waals surface area contributed by atoms with Gasteiger partial charge in [-0.1, -0.05) is 13.8 Å². The fraction of sp³-hybridized carbons (Fsp3) is 0.500. The molecule has 0 saturated heterocycles. The van der Waals surface area contributed by atoms with Gasteiger partial charge in [0.2, 0.25) is 5.91 Å². The number of hydrogen-bond acceptors (Lipinski definition) is 4. The van der Waals surface area contributed by atoms with Crippen LogP contribution in [0.25, 0.3) is 0 Å². The highest BCUT2D eigenvalue weighted by Crippen LogP contribution is 2.05. The zero-order chi connectivity index (χ0) is 16.2. The average Bonchev–Trinajstić information content (AvgIpc) is 2.34. The van der Waals surface area contributed by atoms with Gasteiger partial charge in [0.05, 0.1) is 4.47 Å². The van der Waals surface area contributed by atoms with Crippen LogP contribution in [0.2, 0.25) is 0 Å². The summed E-state index contributed by atoms with van der Waals surface area (Å²) in [6.07, 6.45) is 1.46. The Bertz CT molecular complexity index is 649. The van der Waals surface area contributed by atoms with Crippen LogP contribution in [0.4, 0.5) is 0 Å². The summed E-state index contributed by atoms with van der Waals surface area (Å²) < 4.78 is 1.08. The molecular formula is C12H16BrN3O5. The molecule has 3 N–H and O–H groups in total. The molecule has 1 aromatic rings. The number of aliphatic carboxylic acids is 1. The maximum Gasteiger partial charge on any atom is 0.328 e. The van der Waals surface area contributed by atoms with Gasteiger partial charge in [0.15, 0.2) is 0 Å². The van der Waals surface area contributed by atoms with E-state index in [1.807, 2.05) is 18.8 Å². The maximum absolute atomic E-state index is 11.8. The SMILES string of the molecule is CC(C)C[C@@H](NC(=O)Cn1cc(Br)c(=O)[nH]c1=O)C(=O)O. The largest absolute Gasteiger partial charge is 0.480 e. The predicted molar refractivity (Wildman–Crippen MR) is 78.0 cm³/mol. The standard InChI is InChI=1S/C12H16BrN3O5/c1-6(2)3-8(11(19)20)14-9(17)5-16-4-7(13)10(18)15-12(16)21/h4,6,8H,3,5H2,1-2H3,(H,14,17)(H,19,20)(H,15,18,21)/t8-/m1/s1. The van der Waals surface area contributed by atoms with Crippen molar-refractivity contribution in [2.75, 3.05) is 0 Å². The number of aromatic nitrogens is 2. The van der Waals surface area contributed by atoms with E-state index in [2.05, 4.69) is 21.2 Å². The van der Waals surface area contributed by atoms with Crippen molar-refractivity contribution in [3.8, 4) is 0 Å². The first-order valence-electron chi connectivity index (χ1n) is 6.22. The van der Waals surface area contributed by atoms with Gasteiger partial charge in [-0.05, 0) is 28.3 Å². The average molecular weight is 362 g/mol. The molecule has 0 radical (unpaired) electrons. The zero-order valence-electron chi connectivity index (χ0n) is 11.6. The molecule has 1 amide bonds. The minimum atomic E-state index is -1.13. The van der Waals surface area contributed by atoms with Crippen molar-refractivity contribution in [3.63, 3.8) is 0 Å². The molecule has 0 fully saturated rings. The predicted octanol–water partition coefficient (Wildman–Crippen LogP) is -0.0854. The number of rotatable bonds is 6. The number of nitrogens with one attached hydrogen (secondary N) is 2. The van der Waals surface area contributed by atoms with E-state index in [9.17, 15) is 19.2 Å². The molecule has 0 aliphatic carbocycles. The molecular weight excluding hydrogens is 346 g/mol. The van der Waals surface area contributed by atoms with Crippen molar-refractivity contribution >= 4 is 27.8 Å². The number of H-pyrrole nitrogens is 1. The number of amides is 1. The molecule has 0 unspecified atom stereocenters. The Morgan fingerprint density at radius 2 is 2.05 bits per heavy atom. The van der Waals surface area contributed by atoms with Crippen molar-refractivity contribution < 1.29 is 14.7 Å². The van der Waals surface area contributed by atoms with Gasteiger partial charge in [-0.15, -0.1) is 0 Å². The summed E-state index contributed by atoms with van der Waals surface area (Å²) in [5, 5.41) is 11.4. The van der Waals surface area contributed by atoms with Crippen LogP contribution in [0.15, 0.2) is 20.3 Å². The summed E-state index contributed by atoms with van der Waals surface area (Å²) in [5.41, 5.74) is -1.34. The Morgan fingerprint density at radius 3 is 2.57 bits per heavy atom. The van der Waals surface area contributed by atoms with Gasteiger partial charge in [0, 0.05) is 6.20 Å². The van der Waals surface area contributed by atoms with E-state index in [1.54, 1.807) is 0 Å². The van der Waals surface area contributed by atoms with Gasteiger partial charge < -0.3 is 10.4 Å². The Balaban J connectivity index is 2.81. The number of hydrogen-bond donors (Lipinski definition) is 3. The smallest absolute Gasteiger partial charge is 0.328 e. The molecule has 0 aromatic carbocycles. The normalized spacial score (nSPS) is 12.2.